The van der Waals surface area contributed by atoms with E-state index in [4.69, 9.17) is 0 Å². The molecule has 2 aromatic carbocycles. The van der Waals surface area contributed by atoms with Crippen molar-refractivity contribution in [3.8, 4) is 22.4 Å². The third-order valence-corrected chi connectivity index (χ3v) is 4.95. The molecule has 1 heterocycles. The van der Waals surface area contributed by atoms with Gasteiger partial charge >= 0.3 is 0 Å². The predicted octanol–water partition coefficient (Wildman–Crippen LogP) is 5.76. The van der Waals surface area contributed by atoms with Gasteiger partial charge in [-0.25, -0.2) is 4.57 Å². The zero-order chi connectivity index (χ0) is 18.2. The molecule has 0 saturated heterocycles. The maximum absolute atomic E-state index is 2.35. The lowest BCUT2D eigenvalue weighted by molar-refractivity contribution is -0.660. The maximum atomic E-state index is 2.35. The van der Waals surface area contributed by atoms with E-state index in [9.17, 15) is 0 Å². The van der Waals surface area contributed by atoms with E-state index in [-0.39, 0.29) is 5.41 Å². The van der Waals surface area contributed by atoms with Gasteiger partial charge in [-0.15, -0.1) is 0 Å². The van der Waals surface area contributed by atoms with Gasteiger partial charge in [-0.3, -0.25) is 0 Å². The molecule has 0 spiro atoms. The van der Waals surface area contributed by atoms with E-state index >= 15 is 0 Å². The summed E-state index contributed by atoms with van der Waals surface area (Å²) >= 11 is 0. The second-order valence-electron chi connectivity index (χ2n) is 8.01. The van der Waals surface area contributed by atoms with E-state index < -0.39 is 0 Å². The van der Waals surface area contributed by atoms with E-state index in [1.54, 1.807) is 0 Å². The number of hydrogen-bond donors (Lipinski definition) is 0. The SMILES string of the molecule is Cc1cc(C)c(-c2cc(C(C)(C)C)cc[n+]2C)cc1-c1ccccc1. The molecule has 0 atom stereocenters. The molecule has 1 heteroatoms. The summed E-state index contributed by atoms with van der Waals surface area (Å²) in [7, 11) is 2.13. The van der Waals surface area contributed by atoms with Crippen LogP contribution >= 0.6 is 0 Å². The normalized spacial score (nSPS) is 11.6. The summed E-state index contributed by atoms with van der Waals surface area (Å²) in [5.74, 6) is 0. The number of aryl methyl sites for hydroxylation is 3. The van der Waals surface area contributed by atoms with Crippen molar-refractivity contribution in [2.45, 2.75) is 40.0 Å². The number of aromatic nitrogens is 1. The molecule has 0 saturated carbocycles. The lowest BCUT2D eigenvalue weighted by Crippen LogP contribution is -2.32. The first kappa shape index (κ1) is 17.4. The van der Waals surface area contributed by atoms with Crippen LogP contribution in [0.1, 0.15) is 37.5 Å². The highest BCUT2D eigenvalue weighted by Gasteiger charge is 2.21. The van der Waals surface area contributed by atoms with E-state index in [0.717, 1.165) is 0 Å². The second kappa shape index (κ2) is 6.48. The fourth-order valence-corrected chi connectivity index (χ4v) is 3.36. The number of rotatable bonds is 2. The van der Waals surface area contributed by atoms with Crippen LogP contribution in [0.2, 0.25) is 0 Å². The van der Waals surface area contributed by atoms with Crippen LogP contribution in [-0.4, -0.2) is 0 Å². The first-order valence-electron chi connectivity index (χ1n) is 8.94. The van der Waals surface area contributed by atoms with Crippen LogP contribution in [0, 0.1) is 13.8 Å². The van der Waals surface area contributed by atoms with Crippen LogP contribution in [0.3, 0.4) is 0 Å². The Morgan fingerprint density at radius 2 is 1.40 bits per heavy atom. The van der Waals surface area contributed by atoms with Crippen molar-refractivity contribution in [3.63, 3.8) is 0 Å². The number of hydrogen-bond acceptors (Lipinski definition) is 0. The van der Waals surface area contributed by atoms with Crippen molar-refractivity contribution in [3.05, 3.63) is 77.5 Å². The minimum absolute atomic E-state index is 0.143. The second-order valence-corrected chi connectivity index (χ2v) is 8.01. The van der Waals surface area contributed by atoms with Crippen molar-refractivity contribution >= 4 is 0 Å². The molecular formula is C24H28N+. The minimum atomic E-state index is 0.143. The Hall–Kier alpha value is -2.41. The van der Waals surface area contributed by atoms with Gasteiger partial charge in [0.2, 0.25) is 5.69 Å². The fraction of sp³-hybridized carbons (Fsp3) is 0.292. The van der Waals surface area contributed by atoms with Crippen molar-refractivity contribution in [1.29, 1.82) is 0 Å². The van der Waals surface area contributed by atoms with E-state index in [2.05, 4.69) is 107 Å². The largest absolute Gasteiger partial charge is 0.212 e. The highest BCUT2D eigenvalue weighted by atomic mass is 14.9. The third-order valence-electron chi connectivity index (χ3n) is 4.95. The quantitative estimate of drug-likeness (QED) is 0.526. The summed E-state index contributed by atoms with van der Waals surface area (Å²) in [6.07, 6.45) is 2.18. The Morgan fingerprint density at radius 1 is 0.760 bits per heavy atom. The molecule has 0 aliphatic rings. The summed E-state index contributed by atoms with van der Waals surface area (Å²) in [5, 5.41) is 0. The van der Waals surface area contributed by atoms with Crippen molar-refractivity contribution in [2.24, 2.45) is 7.05 Å². The molecule has 0 aliphatic carbocycles. The zero-order valence-electron chi connectivity index (χ0n) is 16.2. The lowest BCUT2D eigenvalue weighted by Gasteiger charge is -2.19. The molecule has 1 aromatic heterocycles. The number of pyridine rings is 1. The molecule has 0 radical (unpaired) electrons. The van der Waals surface area contributed by atoms with Crippen molar-refractivity contribution in [2.75, 3.05) is 0 Å². The van der Waals surface area contributed by atoms with Gasteiger partial charge in [-0.2, -0.15) is 0 Å². The topological polar surface area (TPSA) is 3.88 Å². The van der Waals surface area contributed by atoms with Gasteiger partial charge in [0.15, 0.2) is 6.20 Å². The average molecular weight is 330 g/mol. The minimum Gasteiger partial charge on any atom is -0.201 e. The van der Waals surface area contributed by atoms with Gasteiger partial charge in [0, 0.05) is 17.7 Å². The summed E-state index contributed by atoms with van der Waals surface area (Å²) in [6, 6.07) is 19.9. The number of nitrogens with zero attached hydrogens (tertiary/aromatic N) is 1. The molecular weight excluding hydrogens is 302 g/mol. The van der Waals surface area contributed by atoms with Gasteiger partial charge in [0.25, 0.3) is 0 Å². The first-order valence-corrected chi connectivity index (χ1v) is 8.94. The molecule has 0 aliphatic heterocycles. The standard InChI is InChI=1S/C24H28N/c1-17-14-18(2)22(16-21(17)19-10-8-7-9-11-19)23-15-20(24(3,4)5)12-13-25(23)6/h7-16H,1-6H3/q+1. The zero-order valence-corrected chi connectivity index (χ0v) is 16.2. The van der Waals surface area contributed by atoms with Crippen LogP contribution in [0.15, 0.2) is 60.8 Å². The summed E-state index contributed by atoms with van der Waals surface area (Å²) < 4.78 is 2.22. The molecule has 128 valence electrons. The van der Waals surface area contributed by atoms with E-state index in [1.165, 1.54) is 39.1 Å². The van der Waals surface area contributed by atoms with Crippen LogP contribution in [-0.2, 0) is 12.5 Å². The Kier molecular flexibility index (Phi) is 4.51. The smallest absolute Gasteiger partial charge is 0.201 e. The monoisotopic (exact) mass is 330 g/mol. The molecule has 0 unspecified atom stereocenters. The Bertz CT molecular complexity index is 899. The predicted molar refractivity (Wildman–Crippen MR) is 107 cm³/mol. The summed E-state index contributed by atoms with van der Waals surface area (Å²) in [6.45, 7) is 11.2. The van der Waals surface area contributed by atoms with Crippen LogP contribution in [0.25, 0.3) is 22.4 Å². The van der Waals surface area contributed by atoms with Crippen molar-refractivity contribution in [1.82, 2.24) is 0 Å². The van der Waals surface area contributed by atoms with Crippen molar-refractivity contribution < 1.29 is 4.57 Å². The third kappa shape index (κ3) is 3.51. The van der Waals surface area contributed by atoms with Gasteiger partial charge in [0.1, 0.15) is 7.05 Å². The van der Waals surface area contributed by atoms with E-state index in [1.807, 2.05) is 0 Å². The molecule has 3 aromatic rings. The van der Waals surface area contributed by atoms with Gasteiger partial charge < -0.3 is 0 Å². The highest BCUT2D eigenvalue weighted by molar-refractivity contribution is 5.75. The molecule has 1 nitrogen and oxygen atoms in total. The fourth-order valence-electron chi connectivity index (χ4n) is 3.36. The van der Waals surface area contributed by atoms with E-state index in [0.29, 0.717) is 0 Å². The van der Waals surface area contributed by atoms with Gasteiger partial charge in [-0.1, -0.05) is 57.2 Å². The summed E-state index contributed by atoms with van der Waals surface area (Å²) in [5.41, 5.74) is 9.30. The molecule has 0 amide bonds. The van der Waals surface area contributed by atoms with Crippen LogP contribution in [0.4, 0.5) is 0 Å². The average Bonchev–Trinajstić information content (AvgIpc) is 2.55. The molecule has 0 fully saturated rings. The van der Waals surface area contributed by atoms with Crippen LogP contribution < -0.4 is 4.57 Å². The molecule has 0 N–H and O–H groups in total. The molecule has 25 heavy (non-hydrogen) atoms. The van der Waals surface area contributed by atoms with Gasteiger partial charge in [-0.05, 0) is 53.1 Å². The molecule has 3 rings (SSSR count). The highest BCUT2D eigenvalue weighted by Crippen LogP contribution is 2.32. The van der Waals surface area contributed by atoms with Crippen LogP contribution in [0.5, 0.6) is 0 Å². The first-order chi connectivity index (χ1) is 11.8. The maximum Gasteiger partial charge on any atom is 0.212 e. The summed E-state index contributed by atoms with van der Waals surface area (Å²) in [4.78, 5) is 0. The Labute approximate surface area is 152 Å². The Balaban J connectivity index is 2.22. The lowest BCUT2D eigenvalue weighted by atomic mass is 9.86. The molecule has 0 bridgehead atoms. The Morgan fingerprint density at radius 3 is 2.04 bits per heavy atom. The van der Waals surface area contributed by atoms with Gasteiger partial charge in [0.05, 0.1) is 0 Å². The number of benzene rings is 2.